The predicted molar refractivity (Wildman–Crippen MR) is 91.0 cm³/mol. The number of ether oxygens (including phenoxy) is 2. The maximum atomic E-state index is 5.73. The first-order valence-corrected chi connectivity index (χ1v) is 8.22. The molecule has 0 aliphatic carbocycles. The van der Waals surface area contributed by atoms with Crippen LogP contribution in [0.3, 0.4) is 0 Å². The van der Waals surface area contributed by atoms with Crippen molar-refractivity contribution in [1.29, 1.82) is 0 Å². The van der Waals surface area contributed by atoms with Gasteiger partial charge in [-0.05, 0) is 36.1 Å². The highest BCUT2D eigenvalue weighted by atomic mass is 16.6. The lowest BCUT2D eigenvalue weighted by molar-refractivity contribution is 0.0455. The maximum Gasteiger partial charge on any atom is 0.148 e. The zero-order valence-corrected chi connectivity index (χ0v) is 13.7. The van der Waals surface area contributed by atoms with Gasteiger partial charge in [0, 0.05) is 0 Å². The Balaban J connectivity index is 1.47. The van der Waals surface area contributed by atoms with Gasteiger partial charge in [-0.15, -0.1) is 0 Å². The second-order valence-electron chi connectivity index (χ2n) is 6.14. The molecule has 0 bridgehead atoms. The Hall–Kier alpha value is -1.80. The molecule has 0 aromatic heterocycles. The summed E-state index contributed by atoms with van der Waals surface area (Å²) >= 11 is 0. The largest absolute Gasteiger partial charge is 0.339 e. The number of benzene rings is 2. The van der Waals surface area contributed by atoms with Gasteiger partial charge in [0.1, 0.15) is 24.9 Å². The number of hydrogen-bond acceptors (Lipinski definition) is 6. The van der Waals surface area contributed by atoms with Crippen molar-refractivity contribution >= 4 is 0 Å². The fourth-order valence-corrected chi connectivity index (χ4v) is 2.95. The Morgan fingerprint density at radius 2 is 0.958 bits per heavy atom. The highest BCUT2D eigenvalue weighted by Gasteiger charge is 2.22. The Morgan fingerprint density at radius 1 is 0.583 bits per heavy atom. The Kier molecular flexibility index (Phi) is 4.32. The van der Waals surface area contributed by atoms with Gasteiger partial charge < -0.3 is 9.47 Å². The van der Waals surface area contributed by atoms with Crippen LogP contribution in [0.4, 0.5) is 0 Å². The Labute approximate surface area is 141 Å². The lowest BCUT2D eigenvalue weighted by atomic mass is 10.0. The number of hydrazine groups is 2. The molecule has 4 atom stereocenters. The molecule has 2 aromatic rings. The molecule has 6 heteroatoms. The highest BCUT2D eigenvalue weighted by molar-refractivity contribution is 5.64. The second-order valence-corrected chi connectivity index (χ2v) is 6.14. The first-order chi connectivity index (χ1) is 11.7. The second kappa shape index (κ2) is 6.60. The summed E-state index contributed by atoms with van der Waals surface area (Å²) in [6.45, 7) is 3.95. The molecule has 126 valence electrons. The van der Waals surface area contributed by atoms with Gasteiger partial charge in [-0.2, -0.15) is 0 Å². The van der Waals surface area contributed by atoms with Crippen LogP contribution < -0.4 is 21.7 Å². The molecular weight excluding hydrogens is 304 g/mol. The molecule has 0 saturated carbocycles. The molecule has 4 N–H and O–H groups in total. The van der Waals surface area contributed by atoms with Gasteiger partial charge in [0.2, 0.25) is 0 Å². The minimum absolute atomic E-state index is 0.0193. The minimum atomic E-state index is -0.100. The van der Waals surface area contributed by atoms with Gasteiger partial charge in [0.25, 0.3) is 0 Å². The normalized spacial score (nSPS) is 29.9. The number of nitrogens with one attached hydrogen (secondary N) is 4. The molecule has 2 aromatic carbocycles. The van der Waals surface area contributed by atoms with E-state index in [4.69, 9.17) is 9.47 Å². The zero-order chi connectivity index (χ0) is 16.5. The standard InChI is InChI=1S/C18H22N4O2/c1-11-19-21-17(23-11)15-7-3-13(4-8-15)14-5-9-16(10-6-14)18-22-20-12(2)24-18/h3-12,17-22H,1-2H3. The van der Waals surface area contributed by atoms with Crippen molar-refractivity contribution in [1.82, 2.24) is 21.7 Å². The topological polar surface area (TPSA) is 66.6 Å². The SMILES string of the molecule is CC1NNC(c2ccc(-c3ccc(C4NNC(C)O4)cc3)cc2)O1. The Morgan fingerprint density at radius 3 is 1.25 bits per heavy atom. The van der Waals surface area contributed by atoms with Crippen LogP contribution in [0.15, 0.2) is 48.5 Å². The summed E-state index contributed by atoms with van der Waals surface area (Å²) in [5.74, 6) is 0. The molecule has 6 nitrogen and oxygen atoms in total. The highest BCUT2D eigenvalue weighted by Crippen LogP contribution is 2.26. The molecule has 2 heterocycles. The van der Waals surface area contributed by atoms with E-state index in [2.05, 4.69) is 70.2 Å². The zero-order valence-electron chi connectivity index (χ0n) is 13.7. The number of hydrogen-bond donors (Lipinski definition) is 4. The summed E-state index contributed by atoms with van der Waals surface area (Å²) in [5, 5.41) is 0. The van der Waals surface area contributed by atoms with Gasteiger partial charge >= 0.3 is 0 Å². The minimum Gasteiger partial charge on any atom is -0.339 e. The van der Waals surface area contributed by atoms with Crippen LogP contribution in [0.2, 0.25) is 0 Å². The Bertz CT molecular complexity index is 628. The molecule has 2 aliphatic heterocycles. The van der Waals surface area contributed by atoms with Crippen LogP contribution in [-0.2, 0) is 9.47 Å². The number of rotatable bonds is 3. The summed E-state index contributed by atoms with van der Waals surface area (Å²) in [6, 6.07) is 16.8. The lowest BCUT2D eigenvalue weighted by Gasteiger charge is -2.12. The summed E-state index contributed by atoms with van der Waals surface area (Å²) in [6.07, 6.45) is -0.162. The first kappa shape index (κ1) is 15.7. The molecular formula is C18H22N4O2. The van der Waals surface area contributed by atoms with Crippen LogP contribution in [0.25, 0.3) is 11.1 Å². The molecule has 2 saturated heterocycles. The summed E-state index contributed by atoms with van der Waals surface area (Å²) in [7, 11) is 0. The molecule has 2 aliphatic rings. The molecule has 0 radical (unpaired) electrons. The van der Waals surface area contributed by atoms with E-state index in [1.807, 2.05) is 13.8 Å². The first-order valence-electron chi connectivity index (χ1n) is 8.22. The van der Waals surface area contributed by atoms with Crippen LogP contribution in [0.5, 0.6) is 0 Å². The molecule has 0 spiro atoms. The third-order valence-electron chi connectivity index (χ3n) is 4.28. The van der Waals surface area contributed by atoms with Crippen LogP contribution in [0, 0.1) is 0 Å². The van der Waals surface area contributed by atoms with E-state index in [1.54, 1.807) is 0 Å². The van der Waals surface area contributed by atoms with Crippen molar-refractivity contribution in [2.75, 3.05) is 0 Å². The van der Waals surface area contributed by atoms with Gasteiger partial charge in [-0.1, -0.05) is 48.5 Å². The monoisotopic (exact) mass is 326 g/mol. The molecule has 4 unspecified atom stereocenters. The van der Waals surface area contributed by atoms with Crippen LogP contribution in [-0.4, -0.2) is 12.5 Å². The van der Waals surface area contributed by atoms with Crippen LogP contribution in [0.1, 0.15) is 37.4 Å². The smallest absolute Gasteiger partial charge is 0.148 e. The van der Waals surface area contributed by atoms with Crippen molar-refractivity contribution in [3.63, 3.8) is 0 Å². The predicted octanol–water partition coefficient (Wildman–Crippen LogP) is 2.29. The van der Waals surface area contributed by atoms with Crippen molar-refractivity contribution in [3.05, 3.63) is 59.7 Å². The van der Waals surface area contributed by atoms with Crippen molar-refractivity contribution in [2.24, 2.45) is 0 Å². The van der Waals surface area contributed by atoms with E-state index in [1.165, 1.54) is 11.1 Å². The van der Waals surface area contributed by atoms with Gasteiger partial charge in [0.15, 0.2) is 0 Å². The van der Waals surface area contributed by atoms with Crippen molar-refractivity contribution in [3.8, 4) is 11.1 Å². The maximum absolute atomic E-state index is 5.73. The van der Waals surface area contributed by atoms with E-state index in [9.17, 15) is 0 Å². The van der Waals surface area contributed by atoms with Gasteiger partial charge in [-0.3, -0.25) is 0 Å². The van der Waals surface area contributed by atoms with Gasteiger partial charge in [-0.25, -0.2) is 21.7 Å². The summed E-state index contributed by atoms with van der Waals surface area (Å²) < 4.78 is 11.5. The lowest BCUT2D eigenvalue weighted by Crippen LogP contribution is -2.28. The van der Waals surface area contributed by atoms with Crippen molar-refractivity contribution in [2.45, 2.75) is 38.8 Å². The van der Waals surface area contributed by atoms with E-state index >= 15 is 0 Å². The van der Waals surface area contributed by atoms with Crippen LogP contribution >= 0.6 is 0 Å². The quantitative estimate of drug-likeness (QED) is 0.694. The van der Waals surface area contributed by atoms with E-state index < -0.39 is 0 Å². The molecule has 24 heavy (non-hydrogen) atoms. The third kappa shape index (κ3) is 3.21. The average Bonchev–Trinajstić information content (AvgIpc) is 3.24. The fourth-order valence-electron chi connectivity index (χ4n) is 2.95. The molecule has 4 rings (SSSR count). The van der Waals surface area contributed by atoms with E-state index in [-0.39, 0.29) is 24.9 Å². The van der Waals surface area contributed by atoms with Crippen molar-refractivity contribution < 1.29 is 9.47 Å². The molecule has 0 amide bonds. The molecule has 2 fully saturated rings. The fraction of sp³-hybridized carbons (Fsp3) is 0.333. The summed E-state index contributed by atoms with van der Waals surface area (Å²) in [4.78, 5) is 0. The third-order valence-corrected chi connectivity index (χ3v) is 4.28. The average molecular weight is 326 g/mol. The van der Waals surface area contributed by atoms with Gasteiger partial charge in [0.05, 0.1) is 0 Å². The summed E-state index contributed by atoms with van der Waals surface area (Å²) in [5.41, 5.74) is 16.9. The van der Waals surface area contributed by atoms with E-state index in [0.717, 1.165) is 11.1 Å². The van der Waals surface area contributed by atoms with E-state index in [0.29, 0.717) is 0 Å².